The minimum atomic E-state index is -0.129. The molecule has 3 aromatic rings. The number of amides is 2. The number of carbonyl (C=O) groups excluding carboxylic acids is 2. The zero-order valence-electron chi connectivity index (χ0n) is 15.0. The summed E-state index contributed by atoms with van der Waals surface area (Å²) < 4.78 is 0. The lowest BCUT2D eigenvalue weighted by molar-refractivity contribution is -0.117. The van der Waals surface area contributed by atoms with Crippen molar-refractivity contribution in [2.75, 3.05) is 22.5 Å². The van der Waals surface area contributed by atoms with Crippen LogP contribution in [0.3, 0.4) is 0 Å². The van der Waals surface area contributed by atoms with Crippen LogP contribution >= 0.6 is 11.8 Å². The number of imidazole rings is 1. The number of aryl methyl sites for hydroxylation is 1. The number of para-hydroxylation sites is 2. The van der Waals surface area contributed by atoms with Crippen LogP contribution in [-0.4, -0.2) is 34.1 Å². The summed E-state index contributed by atoms with van der Waals surface area (Å²) in [7, 11) is 0. The number of carbonyl (C=O) groups is 2. The molecule has 0 bridgehead atoms. The maximum absolute atomic E-state index is 12.4. The van der Waals surface area contributed by atoms with Crippen LogP contribution in [0, 0.1) is 6.92 Å². The van der Waals surface area contributed by atoms with Crippen molar-refractivity contribution in [1.29, 1.82) is 0 Å². The number of nitrogens with zero attached hydrogens (tertiary/aromatic N) is 2. The first-order valence-corrected chi connectivity index (χ1v) is 9.87. The van der Waals surface area contributed by atoms with Crippen LogP contribution in [0.1, 0.15) is 18.4 Å². The summed E-state index contributed by atoms with van der Waals surface area (Å²) in [6.07, 6.45) is 1.41. The molecular weight excluding hydrogens is 360 g/mol. The van der Waals surface area contributed by atoms with Crippen LogP contribution in [0.4, 0.5) is 11.4 Å². The lowest BCUT2D eigenvalue weighted by atomic mass is 10.2. The second-order valence-corrected chi connectivity index (χ2v) is 7.53. The predicted molar refractivity (Wildman–Crippen MR) is 108 cm³/mol. The number of H-pyrrole nitrogens is 1. The zero-order chi connectivity index (χ0) is 18.8. The van der Waals surface area contributed by atoms with E-state index in [0.717, 1.165) is 28.7 Å². The largest absolute Gasteiger partial charge is 0.333 e. The number of anilines is 2. The van der Waals surface area contributed by atoms with Crippen molar-refractivity contribution in [3.8, 4) is 0 Å². The van der Waals surface area contributed by atoms with Crippen LogP contribution in [0.5, 0.6) is 0 Å². The van der Waals surface area contributed by atoms with Crippen molar-refractivity contribution in [1.82, 2.24) is 9.97 Å². The van der Waals surface area contributed by atoms with E-state index < -0.39 is 0 Å². The highest BCUT2D eigenvalue weighted by Gasteiger charge is 2.24. The number of hydrogen-bond acceptors (Lipinski definition) is 4. The van der Waals surface area contributed by atoms with Gasteiger partial charge >= 0.3 is 0 Å². The number of aromatic nitrogens is 2. The second kappa shape index (κ2) is 7.44. The molecule has 0 radical (unpaired) electrons. The Kier molecular flexibility index (Phi) is 4.85. The standard InChI is InChI=1S/C20H20N4O2S/c1-13-8-9-14-16(11-13)23-20(22-14)27-12-18(25)21-15-5-2-3-6-17(15)24-10-4-7-19(24)26/h2-3,5-6,8-9,11H,4,7,10,12H2,1H3,(H,21,25)(H,22,23). The normalized spacial score (nSPS) is 14.1. The smallest absolute Gasteiger partial charge is 0.234 e. The average molecular weight is 380 g/mol. The fourth-order valence-electron chi connectivity index (χ4n) is 3.21. The van der Waals surface area contributed by atoms with E-state index in [-0.39, 0.29) is 17.6 Å². The highest BCUT2D eigenvalue weighted by molar-refractivity contribution is 7.99. The molecule has 1 aliphatic heterocycles. The van der Waals surface area contributed by atoms with Gasteiger partial charge in [-0.25, -0.2) is 4.98 Å². The molecule has 2 heterocycles. The number of thioether (sulfide) groups is 1. The second-order valence-electron chi connectivity index (χ2n) is 6.57. The maximum Gasteiger partial charge on any atom is 0.234 e. The Morgan fingerprint density at radius 1 is 1.30 bits per heavy atom. The Hall–Kier alpha value is -2.80. The monoisotopic (exact) mass is 380 g/mol. The number of benzene rings is 2. The van der Waals surface area contributed by atoms with Gasteiger partial charge in [0.05, 0.1) is 28.2 Å². The third-order valence-corrected chi connectivity index (χ3v) is 5.37. The molecule has 1 saturated heterocycles. The van der Waals surface area contributed by atoms with Crippen molar-refractivity contribution in [2.24, 2.45) is 0 Å². The van der Waals surface area contributed by atoms with Crippen LogP contribution in [-0.2, 0) is 9.59 Å². The van der Waals surface area contributed by atoms with E-state index in [9.17, 15) is 9.59 Å². The molecule has 0 unspecified atom stereocenters. The Morgan fingerprint density at radius 2 is 2.15 bits per heavy atom. The van der Waals surface area contributed by atoms with Crippen molar-refractivity contribution in [3.63, 3.8) is 0 Å². The zero-order valence-corrected chi connectivity index (χ0v) is 15.8. The van der Waals surface area contributed by atoms with Gasteiger partial charge in [0.1, 0.15) is 0 Å². The molecule has 27 heavy (non-hydrogen) atoms. The lowest BCUT2D eigenvalue weighted by Crippen LogP contribution is -2.26. The molecule has 138 valence electrons. The van der Waals surface area contributed by atoms with Gasteiger partial charge in [0.2, 0.25) is 11.8 Å². The van der Waals surface area contributed by atoms with Crippen LogP contribution in [0.15, 0.2) is 47.6 Å². The molecule has 0 spiro atoms. The quantitative estimate of drug-likeness (QED) is 0.661. The molecule has 2 aromatic carbocycles. The van der Waals surface area contributed by atoms with Gasteiger partial charge in [-0.1, -0.05) is 30.0 Å². The minimum Gasteiger partial charge on any atom is -0.333 e. The van der Waals surface area contributed by atoms with Gasteiger partial charge in [0.25, 0.3) is 0 Å². The lowest BCUT2D eigenvalue weighted by Gasteiger charge is -2.19. The molecule has 1 fully saturated rings. The highest BCUT2D eigenvalue weighted by atomic mass is 32.2. The minimum absolute atomic E-state index is 0.101. The van der Waals surface area contributed by atoms with Gasteiger partial charge in [0.15, 0.2) is 5.16 Å². The van der Waals surface area contributed by atoms with Crippen molar-refractivity contribution in [2.45, 2.75) is 24.9 Å². The fraction of sp³-hybridized carbons (Fsp3) is 0.250. The highest BCUT2D eigenvalue weighted by Crippen LogP contribution is 2.29. The van der Waals surface area contributed by atoms with Crippen molar-refractivity contribution in [3.05, 3.63) is 48.0 Å². The van der Waals surface area contributed by atoms with Gasteiger partial charge in [-0.05, 0) is 43.2 Å². The molecule has 2 N–H and O–H groups in total. The molecule has 2 amide bonds. The average Bonchev–Trinajstić information content (AvgIpc) is 3.26. The Morgan fingerprint density at radius 3 is 2.96 bits per heavy atom. The molecule has 0 atom stereocenters. The summed E-state index contributed by atoms with van der Waals surface area (Å²) in [6, 6.07) is 13.4. The first-order valence-electron chi connectivity index (χ1n) is 8.88. The fourth-order valence-corrected chi connectivity index (χ4v) is 3.89. The number of fused-ring (bicyclic) bond motifs is 1. The summed E-state index contributed by atoms with van der Waals surface area (Å²) in [5.74, 6) is 0.209. The summed E-state index contributed by atoms with van der Waals surface area (Å²) in [5.41, 5.74) is 4.45. The predicted octanol–water partition coefficient (Wildman–Crippen LogP) is 3.73. The number of aromatic amines is 1. The van der Waals surface area contributed by atoms with E-state index in [0.29, 0.717) is 23.8 Å². The molecule has 0 saturated carbocycles. The summed E-state index contributed by atoms with van der Waals surface area (Å²) >= 11 is 1.36. The van der Waals surface area contributed by atoms with Crippen LogP contribution in [0.25, 0.3) is 11.0 Å². The van der Waals surface area contributed by atoms with Gasteiger partial charge in [-0.15, -0.1) is 0 Å². The van der Waals surface area contributed by atoms with E-state index in [1.807, 2.05) is 49.4 Å². The first-order chi connectivity index (χ1) is 13.1. The Balaban J connectivity index is 1.43. The molecule has 1 aromatic heterocycles. The molecule has 1 aliphatic rings. The summed E-state index contributed by atoms with van der Waals surface area (Å²) in [5, 5.41) is 3.64. The molecule has 0 aliphatic carbocycles. The third kappa shape index (κ3) is 3.83. The van der Waals surface area contributed by atoms with Crippen LogP contribution < -0.4 is 10.2 Å². The SMILES string of the molecule is Cc1ccc2nc(SCC(=O)Nc3ccccc3N3CCCC3=O)[nH]c2c1. The molecular formula is C20H20N4O2S. The molecule has 7 heteroatoms. The Labute approximate surface area is 161 Å². The van der Waals surface area contributed by atoms with Crippen molar-refractivity contribution < 1.29 is 9.59 Å². The van der Waals surface area contributed by atoms with E-state index >= 15 is 0 Å². The maximum atomic E-state index is 12.4. The third-order valence-electron chi connectivity index (χ3n) is 4.50. The number of hydrogen-bond donors (Lipinski definition) is 2. The number of rotatable bonds is 5. The van der Waals surface area contributed by atoms with Gasteiger partial charge in [-0.3, -0.25) is 9.59 Å². The van der Waals surface area contributed by atoms with E-state index in [1.165, 1.54) is 11.8 Å². The van der Waals surface area contributed by atoms with Crippen LogP contribution in [0.2, 0.25) is 0 Å². The van der Waals surface area contributed by atoms with Crippen molar-refractivity contribution >= 4 is 46.0 Å². The summed E-state index contributed by atoms with van der Waals surface area (Å²) in [4.78, 5) is 33.9. The Bertz CT molecular complexity index is 1010. The molecule has 6 nitrogen and oxygen atoms in total. The van der Waals surface area contributed by atoms with E-state index in [4.69, 9.17) is 0 Å². The van der Waals surface area contributed by atoms with Gasteiger partial charge < -0.3 is 15.2 Å². The van der Waals surface area contributed by atoms with Gasteiger partial charge in [0, 0.05) is 13.0 Å². The summed E-state index contributed by atoms with van der Waals surface area (Å²) in [6.45, 7) is 2.72. The van der Waals surface area contributed by atoms with Gasteiger partial charge in [-0.2, -0.15) is 0 Å². The van der Waals surface area contributed by atoms with E-state index in [2.05, 4.69) is 15.3 Å². The number of nitrogens with one attached hydrogen (secondary N) is 2. The molecule has 4 rings (SSSR count). The first kappa shape index (κ1) is 17.6. The topological polar surface area (TPSA) is 78.1 Å². The van der Waals surface area contributed by atoms with E-state index in [1.54, 1.807) is 4.90 Å².